The molecule has 0 saturated carbocycles. The molecule has 4 N–H and O–H groups in total. The SMILES string of the molecule is CC(=N)/C(=C(/C)O)c1ccc2nc(N3CCC(N)CC3)nc(-c3ccc(C#N)c(F)c3)c2c1. The molecule has 4 rings (SSSR count). The van der Waals surface area contributed by atoms with Crippen molar-refractivity contribution in [3.8, 4) is 17.3 Å². The number of halogens is 1. The predicted molar refractivity (Wildman–Crippen MR) is 128 cm³/mol. The molecule has 0 atom stereocenters. The third-order valence-corrected chi connectivity index (χ3v) is 5.89. The smallest absolute Gasteiger partial charge is 0.226 e. The number of piperidine rings is 1. The molecule has 0 amide bonds. The zero-order valence-corrected chi connectivity index (χ0v) is 18.6. The lowest BCUT2D eigenvalue weighted by molar-refractivity contribution is 0.418. The molecule has 2 heterocycles. The lowest BCUT2D eigenvalue weighted by atomic mass is 9.97. The second-order valence-electron chi connectivity index (χ2n) is 8.32. The topological polar surface area (TPSA) is 123 Å². The van der Waals surface area contributed by atoms with Gasteiger partial charge in [0.15, 0.2) is 0 Å². The molecule has 8 heteroatoms. The number of aliphatic hydroxyl groups is 1. The highest BCUT2D eigenvalue weighted by molar-refractivity contribution is 6.22. The van der Waals surface area contributed by atoms with E-state index in [0.717, 1.165) is 25.9 Å². The zero-order chi connectivity index (χ0) is 23.7. The summed E-state index contributed by atoms with van der Waals surface area (Å²) in [6.07, 6.45) is 1.67. The molecule has 2 aromatic carbocycles. The number of nitrogens with zero attached hydrogens (tertiary/aromatic N) is 4. The molecule has 0 spiro atoms. The minimum absolute atomic E-state index is 0.0370. The summed E-state index contributed by atoms with van der Waals surface area (Å²) < 4.78 is 14.5. The van der Waals surface area contributed by atoms with Crippen LogP contribution in [0.2, 0.25) is 0 Å². The van der Waals surface area contributed by atoms with E-state index in [2.05, 4.69) is 4.90 Å². The van der Waals surface area contributed by atoms with E-state index >= 15 is 0 Å². The first-order valence-corrected chi connectivity index (χ1v) is 10.8. The van der Waals surface area contributed by atoms with E-state index in [1.807, 2.05) is 24.3 Å². The van der Waals surface area contributed by atoms with Gasteiger partial charge in [0.05, 0.1) is 22.5 Å². The van der Waals surface area contributed by atoms with E-state index in [9.17, 15) is 9.50 Å². The van der Waals surface area contributed by atoms with Crippen molar-refractivity contribution in [2.75, 3.05) is 18.0 Å². The van der Waals surface area contributed by atoms with Crippen LogP contribution in [0, 0.1) is 22.6 Å². The van der Waals surface area contributed by atoms with Crippen molar-refractivity contribution in [2.24, 2.45) is 5.73 Å². The maximum absolute atomic E-state index is 14.5. The Hall–Kier alpha value is -3.83. The number of nitrogens with two attached hydrogens (primary N) is 1. The number of anilines is 1. The van der Waals surface area contributed by atoms with Crippen LogP contribution in [0.15, 0.2) is 42.2 Å². The lowest BCUT2D eigenvalue weighted by Gasteiger charge is -2.30. The number of rotatable bonds is 4. The largest absolute Gasteiger partial charge is 0.512 e. The third kappa shape index (κ3) is 4.41. The fourth-order valence-electron chi connectivity index (χ4n) is 4.18. The van der Waals surface area contributed by atoms with Crippen LogP contribution in [0.3, 0.4) is 0 Å². The number of benzene rings is 2. The van der Waals surface area contributed by atoms with Gasteiger partial charge < -0.3 is 21.1 Å². The van der Waals surface area contributed by atoms with Gasteiger partial charge in [0, 0.05) is 41.4 Å². The first kappa shape index (κ1) is 22.4. The van der Waals surface area contributed by atoms with Gasteiger partial charge >= 0.3 is 0 Å². The van der Waals surface area contributed by atoms with E-state index in [0.29, 0.717) is 39.2 Å². The first-order chi connectivity index (χ1) is 15.8. The quantitative estimate of drug-likeness (QED) is 0.400. The van der Waals surface area contributed by atoms with Crippen molar-refractivity contribution in [2.45, 2.75) is 32.7 Å². The molecular formula is C25H25FN6O. The van der Waals surface area contributed by atoms with Crippen LogP contribution in [0.4, 0.5) is 10.3 Å². The minimum atomic E-state index is -0.620. The Morgan fingerprint density at radius 2 is 1.91 bits per heavy atom. The molecular weight excluding hydrogens is 419 g/mol. The number of aromatic nitrogens is 2. The van der Waals surface area contributed by atoms with Gasteiger partial charge in [-0.05, 0) is 56.5 Å². The van der Waals surface area contributed by atoms with Crippen molar-refractivity contribution in [3.63, 3.8) is 0 Å². The predicted octanol–water partition coefficient (Wildman–Crippen LogP) is 4.56. The monoisotopic (exact) mass is 444 g/mol. The highest BCUT2D eigenvalue weighted by Crippen LogP contribution is 2.33. The molecule has 1 fully saturated rings. The lowest BCUT2D eigenvalue weighted by Crippen LogP contribution is -2.40. The average Bonchev–Trinajstić information content (AvgIpc) is 2.78. The van der Waals surface area contributed by atoms with Crippen LogP contribution in [-0.2, 0) is 0 Å². The summed E-state index contributed by atoms with van der Waals surface area (Å²) in [6, 6.07) is 11.8. The molecule has 1 aliphatic heterocycles. The fraction of sp³-hybridized carbons (Fsp3) is 0.280. The molecule has 0 bridgehead atoms. The first-order valence-electron chi connectivity index (χ1n) is 10.8. The second-order valence-corrected chi connectivity index (χ2v) is 8.32. The third-order valence-electron chi connectivity index (χ3n) is 5.89. The molecule has 7 nitrogen and oxygen atoms in total. The number of fused-ring (bicyclic) bond motifs is 1. The van der Waals surface area contributed by atoms with Crippen LogP contribution in [-0.4, -0.2) is 39.9 Å². The standard InChI is InChI=1S/C25H25FN6O/c1-14(28)23(15(2)33)16-5-6-22-20(11-16)24(17-3-4-18(13-27)21(26)12-17)31-25(30-22)32-9-7-19(29)8-10-32/h3-6,11-12,19,28,33H,7-10,29H2,1-2H3/b23-15+,28-14?. The maximum Gasteiger partial charge on any atom is 0.226 e. The second kappa shape index (κ2) is 8.96. The molecule has 0 aliphatic carbocycles. The summed E-state index contributed by atoms with van der Waals surface area (Å²) in [5.41, 5.74) is 9.00. The highest BCUT2D eigenvalue weighted by Gasteiger charge is 2.21. The van der Waals surface area contributed by atoms with Crippen molar-refractivity contribution in [1.82, 2.24) is 9.97 Å². The summed E-state index contributed by atoms with van der Waals surface area (Å²) in [5, 5.41) is 28.0. The Morgan fingerprint density at radius 1 is 1.18 bits per heavy atom. The molecule has 168 valence electrons. The van der Waals surface area contributed by atoms with E-state index < -0.39 is 5.82 Å². The van der Waals surface area contributed by atoms with Crippen molar-refractivity contribution < 1.29 is 9.50 Å². The number of hydrogen-bond acceptors (Lipinski definition) is 7. The van der Waals surface area contributed by atoms with Crippen LogP contribution in [0.5, 0.6) is 0 Å². The van der Waals surface area contributed by atoms with Gasteiger partial charge in [0.2, 0.25) is 5.95 Å². The normalized spacial score (nSPS) is 15.3. The van der Waals surface area contributed by atoms with Gasteiger partial charge in [-0.25, -0.2) is 14.4 Å². The van der Waals surface area contributed by atoms with Crippen LogP contribution in [0.1, 0.15) is 37.8 Å². The van der Waals surface area contributed by atoms with Crippen LogP contribution in [0.25, 0.3) is 27.7 Å². The molecule has 1 aromatic heterocycles. The van der Waals surface area contributed by atoms with Gasteiger partial charge in [-0.15, -0.1) is 0 Å². The Bertz CT molecular complexity index is 1310. The van der Waals surface area contributed by atoms with Crippen molar-refractivity contribution in [3.05, 3.63) is 59.1 Å². The molecule has 1 aliphatic rings. The molecule has 0 unspecified atom stereocenters. The Labute approximate surface area is 191 Å². The average molecular weight is 445 g/mol. The number of aliphatic hydroxyl groups excluding tert-OH is 1. The zero-order valence-electron chi connectivity index (χ0n) is 18.6. The molecule has 0 radical (unpaired) electrons. The highest BCUT2D eigenvalue weighted by atomic mass is 19.1. The Kier molecular flexibility index (Phi) is 6.07. The van der Waals surface area contributed by atoms with E-state index in [1.165, 1.54) is 19.1 Å². The van der Waals surface area contributed by atoms with Crippen LogP contribution >= 0.6 is 0 Å². The summed E-state index contributed by atoms with van der Waals surface area (Å²) in [6.45, 7) is 4.61. The van der Waals surface area contributed by atoms with Crippen molar-refractivity contribution in [1.29, 1.82) is 10.7 Å². The van der Waals surface area contributed by atoms with Crippen molar-refractivity contribution >= 4 is 28.1 Å². The van der Waals surface area contributed by atoms with Gasteiger partial charge in [0.1, 0.15) is 11.9 Å². The van der Waals surface area contributed by atoms with Gasteiger partial charge in [-0.1, -0.05) is 12.1 Å². The fourth-order valence-corrected chi connectivity index (χ4v) is 4.18. The minimum Gasteiger partial charge on any atom is -0.512 e. The number of nitrogens with one attached hydrogen (secondary N) is 1. The van der Waals surface area contributed by atoms with E-state index in [-0.39, 0.29) is 23.1 Å². The number of hydrogen-bond donors (Lipinski definition) is 3. The maximum atomic E-state index is 14.5. The Balaban J connectivity index is 1.94. The Morgan fingerprint density at radius 3 is 2.52 bits per heavy atom. The summed E-state index contributed by atoms with van der Waals surface area (Å²) >= 11 is 0. The van der Waals surface area contributed by atoms with E-state index in [1.54, 1.807) is 13.0 Å². The summed E-state index contributed by atoms with van der Waals surface area (Å²) in [5.74, 6) is -0.0418. The summed E-state index contributed by atoms with van der Waals surface area (Å²) in [7, 11) is 0. The van der Waals surface area contributed by atoms with Crippen LogP contribution < -0.4 is 10.6 Å². The summed E-state index contributed by atoms with van der Waals surface area (Å²) in [4.78, 5) is 11.6. The number of allylic oxidation sites excluding steroid dienone is 2. The van der Waals surface area contributed by atoms with Gasteiger partial charge in [0.25, 0.3) is 0 Å². The molecule has 3 aromatic rings. The molecule has 33 heavy (non-hydrogen) atoms. The molecule has 1 saturated heterocycles. The van der Waals surface area contributed by atoms with Gasteiger partial charge in [-0.2, -0.15) is 5.26 Å². The van der Waals surface area contributed by atoms with E-state index in [4.69, 9.17) is 26.4 Å². The number of nitriles is 1. The van der Waals surface area contributed by atoms with Gasteiger partial charge in [-0.3, -0.25) is 0 Å².